The lowest BCUT2D eigenvalue weighted by Crippen LogP contribution is -2.44. The molecule has 1 aliphatic heterocycles. The smallest absolute Gasteiger partial charge is 0.285 e. The molecule has 108 valence electrons. The van der Waals surface area contributed by atoms with Gasteiger partial charge in [-0.3, -0.25) is 24.3 Å². The molecule has 1 atom stereocenters. The minimum Gasteiger partial charge on any atom is -0.338 e. The topological polar surface area (TPSA) is 85.4 Å². The maximum atomic E-state index is 12.2. The fourth-order valence-electron chi connectivity index (χ4n) is 2.46. The predicted molar refractivity (Wildman–Crippen MR) is 72.4 cm³/mol. The van der Waals surface area contributed by atoms with Crippen LogP contribution in [-0.4, -0.2) is 32.9 Å². The van der Waals surface area contributed by atoms with Crippen LogP contribution in [0.15, 0.2) is 23.1 Å². The summed E-state index contributed by atoms with van der Waals surface area (Å²) < 4.78 is 1.10. The van der Waals surface area contributed by atoms with E-state index in [0.29, 0.717) is 6.54 Å². The standard InChI is InChI=1S/C13H17N3O4/c1-10-4-2-3-7-15(10)13(18)9-14-8-11(16(19)20)5-6-12(14)17/h5-6,8,10H,2-4,7,9H2,1H3/t10-/m0/s1. The number of hydrogen-bond acceptors (Lipinski definition) is 4. The molecule has 7 heteroatoms. The minimum absolute atomic E-state index is 0.148. The molecule has 0 bridgehead atoms. The van der Waals surface area contributed by atoms with Crippen LogP contribution in [0.2, 0.25) is 0 Å². The van der Waals surface area contributed by atoms with Gasteiger partial charge in [-0.05, 0) is 26.2 Å². The monoisotopic (exact) mass is 279 g/mol. The van der Waals surface area contributed by atoms with Crippen LogP contribution in [0.4, 0.5) is 5.69 Å². The highest BCUT2D eigenvalue weighted by molar-refractivity contribution is 5.76. The molecular weight excluding hydrogens is 262 g/mol. The number of likely N-dealkylation sites (tertiary alicyclic amines) is 1. The van der Waals surface area contributed by atoms with Gasteiger partial charge in [-0.25, -0.2) is 0 Å². The Morgan fingerprint density at radius 2 is 2.20 bits per heavy atom. The van der Waals surface area contributed by atoms with Gasteiger partial charge < -0.3 is 4.90 Å². The van der Waals surface area contributed by atoms with Gasteiger partial charge in [0.2, 0.25) is 5.91 Å². The summed E-state index contributed by atoms with van der Waals surface area (Å²) >= 11 is 0. The summed E-state index contributed by atoms with van der Waals surface area (Å²) in [5, 5.41) is 10.7. The zero-order valence-electron chi connectivity index (χ0n) is 11.3. The summed E-state index contributed by atoms with van der Waals surface area (Å²) in [7, 11) is 0. The number of pyridine rings is 1. The van der Waals surface area contributed by atoms with Gasteiger partial charge in [-0.2, -0.15) is 0 Å². The fourth-order valence-corrected chi connectivity index (χ4v) is 2.46. The van der Waals surface area contributed by atoms with Crippen molar-refractivity contribution in [2.75, 3.05) is 6.54 Å². The molecule has 1 aliphatic rings. The van der Waals surface area contributed by atoms with Gasteiger partial charge in [-0.1, -0.05) is 0 Å². The average Bonchev–Trinajstić information content (AvgIpc) is 2.41. The van der Waals surface area contributed by atoms with Gasteiger partial charge in [0, 0.05) is 24.7 Å². The SMILES string of the molecule is C[C@H]1CCCCN1C(=O)Cn1cc([N+](=O)[O-])ccc1=O. The lowest BCUT2D eigenvalue weighted by Gasteiger charge is -2.33. The summed E-state index contributed by atoms with van der Waals surface area (Å²) in [5.74, 6) is -0.167. The zero-order chi connectivity index (χ0) is 14.7. The van der Waals surface area contributed by atoms with Crippen LogP contribution in [0.5, 0.6) is 0 Å². The molecule has 1 fully saturated rings. The van der Waals surface area contributed by atoms with E-state index in [-0.39, 0.29) is 24.2 Å². The maximum absolute atomic E-state index is 12.2. The van der Waals surface area contributed by atoms with Crippen molar-refractivity contribution in [2.24, 2.45) is 0 Å². The molecule has 0 spiro atoms. The van der Waals surface area contributed by atoms with E-state index in [9.17, 15) is 19.7 Å². The van der Waals surface area contributed by atoms with E-state index < -0.39 is 10.5 Å². The van der Waals surface area contributed by atoms with Crippen molar-refractivity contribution in [2.45, 2.75) is 38.8 Å². The molecule has 1 aromatic heterocycles. The molecule has 0 radical (unpaired) electrons. The Labute approximate surface area is 116 Å². The van der Waals surface area contributed by atoms with Crippen molar-refractivity contribution in [3.63, 3.8) is 0 Å². The summed E-state index contributed by atoms with van der Waals surface area (Å²) in [5.41, 5.74) is -0.599. The highest BCUT2D eigenvalue weighted by atomic mass is 16.6. The number of amides is 1. The lowest BCUT2D eigenvalue weighted by atomic mass is 10.0. The number of carbonyl (C=O) groups is 1. The molecule has 1 amide bonds. The largest absolute Gasteiger partial charge is 0.338 e. The van der Waals surface area contributed by atoms with Crippen LogP contribution in [0, 0.1) is 10.1 Å². The van der Waals surface area contributed by atoms with Crippen molar-refractivity contribution in [3.05, 3.63) is 38.8 Å². The quantitative estimate of drug-likeness (QED) is 0.613. The summed E-state index contributed by atoms with van der Waals surface area (Å²) in [6.07, 6.45) is 4.13. The third-order valence-electron chi connectivity index (χ3n) is 3.61. The van der Waals surface area contributed by atoms with E-state index >= 15 is 0 Å². The number of nitrogens with zero attached hydrogens (tertiary/aromatic N) is 3. The van der Waals surface area contributed by atoms with Crippen molar-refractivity contribution >= 4 is 11.6 Å². The van der Waals surface area contributed by atoms with Crippen LogP contribution >= 0.6 is 0 Å². The molecule has 7 nitrogen and oxygen atoms in total. The number of hydrogen-bond donors (Lipinski definition) is 0. The van der Waals surface area contributed by atoms with E-state index in [1.165, 1.54) is 0 Å². The van der Waals surface area contributed by atoms with Crippen LogP contribution < -0.4 is 5.56 Å². The third-order valence-corrected chi connectivity index (χ3v) is 3.61. The molecule has 2 rings (SSSR count). The second-order valence-corrected chi connectivity index (χ2v) is 5.04. The van der Waals surface area contributed by atoms with Crippen molar-refractivity contribution in [1.82, 2.24) is 9.47 Å². The van der Waals surface area contributed by atoms with E-state index in [0.717, 1.165) is 42.2 Å². The number of carbonyl (C=O) groups excluding carboxylic acids is 1. The van der Waals surface area contributed by atoms with Gasteiger partial charge in [0.05, 0.1) is 11.1 Å². The summed E-state index contributed by atoms with van der Waals surface area (Å²) in [4.78, 5) is 35.7. The molecular formula is C13H17N3O4. The number of rotatable bonds is 3. The van der Waals surface area contributed by atoms with Crippen LogP contribution in [0.3, 0.4) is 0 Å². The molecule has 0 unspecified atom stereocenters. The van der Waals surface area contributed by atoms with Gasteiger partial charge in [0.15, 0.2) is 0 Å². The Bertz CT molecular complexity index is 581. The maximum Gasteiger partial charge on any atom is 0.285 e. The van der Waals surface area contributed by atoms with Gasteiger partial charge in [-0.15, -0.1) is 0 Å². The Morgan fingerprint density at radius 3 is 2.85 bits per heavy atom. The first-order chi connectivity index (χ1) is 9.49. The van der Waals surface area contributed by atoms with Crippen LogP contribution in [0.25, 0.3) is 0 Å². The molecule has 0 aromatic carbocycles. The fraction of sp³-hybridized carbons (Fsp3) is 0.538. The zero-order valence-corrected chi connectivity index (χ0v) is 11.3. The average molecular weight is 279 g/mol. The van der Waals surface area contributed by atoms with E-state index in [1.807, 2.05) is 6.92 Å². The molecule has 0 aliphatic carbocycles. The highest BCUT2D eigenvalue weighted by Gasteiger charge is 2.23. The van der Waals surface area contributed by atoms with Gasteiger partial charge in [0.25, 0.3) is 11.2 Å². The van der Waals surface area contributed by atoms with Crippen molar-refractivity contribution in [1.29, 1.82) is 0 Å². The van der Waals surface area contributed by atoms with E-state index in [4.69, 9.17) is 0 Å². The Morgan fingerprint density at radius 1 is 1.45 bits per heavy atom. The van der Waals surface area contributed by atoms with Gasteiger partial charge in [0.1, 0.15) is 6.54 Å². The molecule has 1 saturated heterocycles. The van der Waals surface area contributed by atoms with Crippen LogP contribution in [0.1, 0.15) is 26.2 Å². The van der Waals surface area contributed by atoms with E-state index in [1.54, 1.807) is 4.90 Å². The Balaban J connectivity index is 2.16. The van der Waals surface area contributed by atoms with Crippen LogP contribution in [-0.2, 0) is 11.3 Å². The predicted octanol–water partition coefficient (Wildman–Crippen LogP) is 1.16. The molecule has 2 heterocycles. The number of piperidine rings is 1. The summed E-state index contributed by atoms with van der Waals surface area (Å²) in [6, 6.07) is 2.42. The highest BCUT2D eigenvalue weighted by Crippen LogP contribution is 2.17. The lowest BCUT2D eigenvalue weighted by molar-refractivity contribution is -0.385. The first kappa shape index (κ1) is 14.2. The van der Waals surface area contributed by atoms with E-state index in [2.05, 4.69) is 0 Å². The Kier molecular flexibility index (Phi) is 4.16. The second kappa shape index (κ2) is 5.85. The first-order valence-electron chi connectivity index (χ1n) is 6.63. The van der Waals surface area contributed by atoms with Gasteiger partial charge >= 0.3 is 0 Å². The van der Waals surface area contributed by atoms with Crippen molar-refractivity contribution in [3.8, 4) is 0 Å². The summed E-state index contributed by atoms with van der Waals surface area (Å²) in [6.45, 7) is 2.52. The molecule has 1 aromatic rings. The number of aromatic nitrogens is 1. The molecule has 0 N–H and O–H groups in total. The number of nitro groups is 1. The molecule has 0 saturated carbocycles. The first-order valence-corrected chi connectivity index (χ1v) is 6.63. The van der Waals surface area contributed by atoms with Crippen molar-refractivity contribution < 1.29 is 9.72 Å². The minimum atomic E-state index is -0.579. The second-order valence-electron chi connectivity index (χ2n) is 5.04. The third kappa shape index (κ3) is 3.04. The normalized spacial score (nSPS) is 18.9. The Hall–Kier alpha value is -2.18. The molecule has 20 heavy (non-hydrogen) atoms.